The van der Waals surface area contributed by atoms with Gasteiger partial charge in [0.1, 0.15) is 0 Å². The summed E-state index contributed by atoms with van der Waals surface area (Å²) in [4.78, 5) is 0. The largest absolute Gasteiger partial charge is 0.198 e. The summed E-state index contributed by atoms with van der Waals surface area (Å²) < 4.78 is 0. The van der Waals surface area contributed by atoms with Crippen LogP contribution in [0.15, 0.2) is 12.4 Å². The summed E-state index contributed by atoms with van der Waals surface area (Å²) in [5.74, 6) is 0. The Morgan fingerprint density at radius 1 is 1.17 bits per heavy atom. The van der Waals surface area contributed by atoms with E-state index in [1.165, 1.54) is 0 Å². The fourth-order valence-corrected chi connectivity index (χ4v) is 0.167. The van der Waals surface area contributed by atoms with Crippen LogP contribution < -0.4 is 0 Å². The van der Waals surface area contributed by atoms with E-state index in [9.17, 15) is 0 Å². The van der Waals surface area contributed by atoms with Gasteiger partial charge in [-0.15, -0.1) is 24.0 Å². The molecule has 34 valence electrons. The first-order valence-electron chi connectivity index (χ1n) is 1.30. The van der Waals surface area contributed by atoms with Crippen molar-refractivity contribution in [2.75, 3.05) is 0 Å². The number of rotatable bonds is 0. The van der Waals surface area contributed by atoms with Crippen LogP contribution in [-0.4, -0.2) is 15.4 Å². The Labute approximate surface area is 52.2 Å². The number of aromatic amines is 1. The topological polar surface area (TPSA) is 41.6 Å². The van der Waals surface area contributed by atoms with E-state index in [1.807, 2.05) is 0 Å². The lowest BCUT2D eigenvalue weighted by atomic mass is 11.0. The van der Waals surface area contributed by atoms with Crippen LogP contribution >= 0.6 is 24.0 Å². The molecule has 6 heavy (non-hydrogen) atoms. The van der Waals surface area contributed by atoms with Crippen molar-refractivity contribution >= 4 is 24.0 Å². The molecule has 1 N–H and O–H groups in total. The molecule has 0 bridgehead atoms. The van der Waals surface area contributed by atoms with E-state index < -0.39 is 0 Å². The molecule has 0 aromatic carbocycles. The Hall–Kier alpha value is -0.130. The number of halogens is 1. The van der Waals surface area contributed by atoms with E-state index in [1.54, 1.807) is 12.4 Å². The quantitative estimate of drug-likeness (QED) is 0.612. The molecular formula is C2H4IN3. The molecule has 4 heteroatoms. The van der Waals surface area contributed by atoms with Crippen molar-refractivity contribution in [3.8, 4) is 0 Å². The minimum Gasteiger partial charge on any atom is -0.198 e. The monoisotopic (exact) mass is 197 g/mol. The minimum atomic E-state index is 0. The highest BCUT2D eigenvalue weighted by Gasteiger charge is 1.57. The number of H-pyrrole nitrogens is 1. The van der Waals surface area contributed by atoms with E-state index in [0.29, 0.717) is 0 Å². The molecule has 1 aromatic rings. The zero-order valence-electron chi connectivity index (χ0n) is 2.96. The first-order valence-corrected chi connectivity index (χ1v) is 1.30. The zero-order valence-corrected chi connectivity index (χ0v) is 5.29. The van der Waals surface area contributed by atoms with Crippen molar-refractivity contribution in [1.82, 2.24) is 15.4 Å². The molecule has 0 fully saturated rings. The van der Waals surface area contributed by atoms with Crippen LogP contribution in [0, 0.1) is 0 Å². The van der Waals surface area contributed by atoms with Gasteiger partial charge in [-0.05, 0) is 0 Å². The summed E-state index contributed by atoms with van der Waals surface area (Å²) in [5, 5.41) is 9.33. The fourth-order valence-electron chi connectivity index (χ4n) is 0.167. The Kier molecular flexibility index (Phi) is 3.01. The van der Waals surface area contributed by atoms with Gasteiger partial charge in [-0.1, -0.05) is 0 Å². The first-order chi connectivity index (χ1) is 2.50. The Bertz CT molecular complexity index is 65.3. The molecule has 3 nitrogen and oxygen atoms in total. The van der Waals surface area contributed by atoms with E-state index in [0.717, 1.165) is 0 Å². The molecular weight excluding hydrogens is 193 g/mol. The van der Waals surface area contributed by atoms with Crippen LogP contribution in [0.4, 0.5) is 0 Å². The van der Waals surface area contributed by atoms with Crippen LogP contribution in [0.3, 0.4) is 0 Å². The second-order valence-corrected chi connectivity index (χ2v) is 0.656. The van der Waals surface area contributed by atoms with E-state index >= 15 is 0 Å². The predicted molar refractivity (Wildman–Crippen MR) is 31.8 cm³/mol. The molecule has 0 spiro atoms. The molecule has 1 rings (SSSR count). The number of nitrogens with one attached hydrogen (secondary N) is 1. The average molecular weight is 197 g/mol. The second kappa shape index (κ2) is 3.08. The van der Waals surface area contributed by atoms with E-state index in [4.69, 9.17) is 0 Å². The second-order valence-electron chi connectivity index (χ2n) is 0.656. The third kappa shape index (κ3) is 1.34. The summed E-state index contributed by atoms with van der Waals surface area (Å²) >= 11 is 0. The van der Waals surface area contributed by atoms with Gasteiger partial charge in [0.05, 0.1) is 12.4 Å². The van der Waals surface area contributed by atoms with Crippen molar-refractivity contribution in [2.45, 2.75) is 0 Å². The summed E-state index contributed by atoms with van der Waals surface area (Å²) in [6, 6.07) is 0. The maximum atomic E-state index is 3.49. The zero-order chi connectivity index (χ0) is 3.54. The minimum absolute atomic E-state index is 0. The standard InChI is InChI=1S/C2H3N3.HI/c1-2-4-5-3-1;/h1-2H,(H,3,4,5);1H. The highest BCUT2D eigenvalue weighted by molar-refractivity contribution is 14.0. The lowest BCUT2D eigenvalue weighted by Crippen LogP contribution is -1.61. The molecule has 0 atom stereocenters. The summed E-state index contributed by atoms with van der Waals surface area (Å²) in [6.45, 7) is 0. The normalized spacial score (nSPS) is 6.67. The maximum absolute atomic E-state index is 3.49. The number of aromatic nitrogens is 3. The van der Waals surface area contributed by atoms with Crippen molar-refractivity contribution < 1.29 is 0 Å². The first kappa shape index (κ1) is 5.87. The van der Waals surface area contributed by atoms with Gasteiger partial charge in [-0.2, -0.15) is 15.4 Å². The maximum Gasteiger partial charge on any atom is 0.0690 e. The molecule has 0 saturated carbocycles. The Morgan fingerprint density at radius 3 is 1.83 bits per heavy atom. The molecule has 1 heterocycles. The van der Waals surface area contributed by atoms with Crippen molar-refractivity contribution in [2.24, 2.45) is 0 Å². The average Bonchev–Trinajstić information content (AvgIpc) is 1.76. The summed E-state index contributed by atoms with van der Waals surface area (Å²) in [6.07, 6.45) is 3.17. The van der Waals surface area contributed by atoms with Crippen LogP contribution in [0.2, 0.25) is 0 Å². The van der Waals surface area contributed by atoms with Gasteiger partial charge in [-0.25, -0.2) is 0 Å². The third-order valence-corrected chi connectivity index (χ3v) is 0.331. The Balaban J connectivity index is 0.000000250. The highest BCUT2D eigenvalue weighted by Crippen LogP contribution is 1.55. The number of hydrogen-bond acceptors (Lipinski definition) is 2. The molecule has 0 unspecified atom stereocenters. The SMILES string of the molecule is I.c1cn[nH]n1. The molecule has 0 aliphatic heterocycles. The van der Waals surface area contributed by atoms with Crippen LogP contribution in [0.5, 0.6) is 0 Å². The van der Waals surface area contributed by atoms with Crippen LogP contribution in [0.25, 0.3) is 0 Å². The van der Waals surface area contributed by atoms with Gasteiger partial charge in [0.2, 0.25) is 0 Å². The predicted octanol–water partition coefficient (Wildman–Crippen LogP) is 0.423. The number of nitrogens with zero attached hydrogens (tertiary/aromatic N) is 2. The molecule has 1 aromatic heterocycles. The van der Waals surface area contributed by atoms with Crippen molar-refractivity contribution in [3.05, 3.63) is 12.4 Å². The van der Waals surface area contributed by atoms with Gasteiger partial charge in [0.25, 0.3) is 0 Å². The highest BCUT2D eigenvalue weighted by atomic mass is 127. The Morgan fingerprint density at radius 2 is 1.67 bits per heavy atom. The van der Waals surface area contributed by atoms with E-state index in [-0.39, 0.29) is 24.0 Å². The summed E-state index contributed by atoms with van der Waals surface area (Å²) in [7, 11) is 0. The molecule has 0 aliphatic rings. The van der Waals surface area contributed by atoms with Gasteiger partial charge in [-0.3, -0.25) is 0 Å². The number of hydrogen-bond donors (Lipinski definition) is 1. The summed E-state index contributed by atoms with van der Waals surface area (Å²) in [5.41, 5.74) is 0. The molecule has 0 aliphatic carbocycles. The molecule has 0 amide bonds. The fraction of sp³-hybridized carbons (Fsp3) is 0. The lowest BCUT2D eigenvalue weighted by Gasteiger charge is -1.48. The van der Waals surface area contributed by atoms with Crippen LogP contribution in [-0.2, 0) is 0 Å². The van der Waals surface area contributed by atoms with Crippen molar-refractivity contribution in [1.29, 1.82) is 0 Å². The van der Waals surface area contributed by atoms with Crippen molar-refractivity contribution in [3.63, 3.8) is 0 Å². The van der Waals surface area contributed by atoms with Crippen LogP contribution in [0.1, 0.15) is 0 Å². The smallest absolute Gasteiger partial charge is 0.0690 e. The van der Waals surface area contributed by atoms with Gasteiger partial charge >= 0.3 is 0 Å². The lowest BCUT2D eigenvalue weighted by molar-refractivity contribution is 0.940. The third-order valence-electron chi connectivity index (χ3n) is 0.331. The van der Waals surface area contributed by atoms with E-state index in [2.05, 4.69) is 15.4 Å². The van der Waals surface area contributed by atoms with Gasteiger partial charge in [0.15, 0.2) is 0 Å². The molecule has 0 saturated heterocycles. The van der Waals surface area contributed by atoms with Gasteiger partial charge in [0, 0.05) is 0 Å². The molecule has 0 radical (unpaired) electrons. The van der Waals surface area contributed by atoms with Gasteiger partial charge < -0.3 is 0 Å².